The molecule has 18 atom stereocenters. The standard InChI is InChI=1S/C24H43O23P/c25-1-8(29)5-40-23-20(18(36)15(33)12(45-23)7-42-48(38,39)41-6-9(30)2-26)47-24-21(17(35)14(32)11(4-28)44-24)46-22-19(37)16(34)13(31)10(3-27)43-22/h1,8-24,26-37H,2-7H2,(H,38,39)/t8-,9?,10-,11-,12-,13-,14-,15-,16+,17+,18+,19-,20-,21-,22-,23+,24-/m1/s1. The van der Waals surface area contributed by atoms with Crippen molar-refractivity contribution in [1.82, 2.24) is 0 Å². The van der Waals surface area contributed by atoms with Gasteiger partial charge in [0.05, 0.1) is 39.6 Å². The summed E-state index contributed by atoms with van der Waals surface area (Å²) in [6, 6.07) is 0. The molecule has 282 valence electrons. The van der Waals surface area contributed by atoms with Crippen molar-refractivity contribution < 1.29 is 113 Å². The Balaban J connectivity index is 1.84. The van der Waals surface area contributed by atoms with Crippen molar-refractivity contribution in [2.75, 3.05) is 39.6 Å². The molecular weight excluding hydrogens is 687 g/mol. The Morgan fingerprint density at radius 2 is 1.15 bits per heavy atom. The normalized spacial score (nSPS) is 43.3. The van der Waals surface area contributed by atoms with E-state index in [1.807, 2.05) is 0 Å². The largest absolute Gasteiger partial charge is 0.472 e. The lowest BCUT2D eigenvalue weighted by molar-refractivity contribution is -0.393. The van der Waals surface area contributed by atoms with Gasteiger partial charge < -0.3 is 99.4 Å². The minimum atomic E-state index is -4.94. The van der Waals surface area contributed by atoms with Gasteiger partial charge in [-0.05, 0) is 0 Å². The maximum atomic E-state index is 12.2. The molecule has 0 aromatic carbocycles. The number of ether oxygens (including phenoxy) is 6. The molecule has 3 fully saturated rings. The van der Waals surface area contributed by atoms with E-state index in [1.165, 1.54) is 0 Å². The lowest BCUT2D eigenvalue weighted by Crippen LogP contribution is -2.67. The molecule has 0 aromatic rings. The predicted octanol–water partition coefficient (Wildman–Crippen LogP) is -8.49. The zero-order valence-corrected chi connectivity index (χ0v) is 25.9. The fourth-order valence-electron chi connectivity index (χ4n) is 4.79. The molecule has 0 spiro atoms. The number of hydrogen-bond donors (Lipinski definition) is 13. The van der Waals surface area contributed by atoms with Crippen molar-refractivity contribution in [2.24, 2.45) is 0 Å². The number of aliphatic hydroxyl groups is 12. The van der Waals surface area contributed by atoms with E-state index in [1.54, 1.807) is 0 Å². The van der Waals surface area contributed by atoms with Crippen LogP contribution in [0.4, 0.5) is 0 Å². The summed E-state index contributed by atoms with van der Waals surface area (Å²) < 4.78 is 54.3. The van der Waals surface area contributed by atoms with Gasteiger partial charge in [0, 0.05) is 0 Å². The van der Waals surface area contributed by atoms with Crippen LogP contribution in [0.1, 0.15) is 0 Å². The Morgan fingerprint density at radius 3 is 1.71 bits per heavy atom. The van der Waals surface area contributed by atoms with E-state index in [0.29, 0.717) is 0 Å². The summed E-state index contributed by atoms with van der Waals surface area (Å²) in [7, 11) is -4.94. The Bertz CT molecular complexity index is 1020. The number of rotatable bonds is 17. The molecule has 0 radical (unpaired) electrons. The zero-order valence-electron chi connectivity index (χ0n) is 25.0. The number of phosphoric ester groups is 1. The molecule has 0 saturated carbocycles. The Kier molecular flexibility index (Phi) is 16.0. The van der Waals surface area contributed by atoms with E-state index in [0.717, 1.165) is 0 Å². The van der Waals surface area contributed by atoms with Gasteiger partial charge in [-0.15, -0.1) is 0 Å². The van der Waals surface area contributed by atoms with Crippen LogP contribution in [-0.2, 0) is 46.8 Å². The number of carbonyl (C=O) groups is 1. The van der Waals surface area contributed by atoms with E-state index in [9.17, 15) is 70.4 Å². The van der Waals surface area contributed by atoms with E-state index in [-0.39, 0.29) is 6.29 Å². The SMILES string of the molecule is O=C[C@@H](O)CO[C@H]1O[C@H](COP(=O)(O)OCC(O)CO)[C@@H](O)[C@H](O)[C@H]1O[C@H]1O[C@H](CO)[C@@H](O)[C@H](O)[C@H]1O[C@H]1O[C@H](CO)[C@@H](O)[C@H](O)[C@H]1O. The van der Waals surface area contributed by atoms with Crippen LogP contribution in [0, 0.1) is 0 Å². The van der Waals surface area contributed by atoms with Crippen LogP contribution in [0.5, 0.6) is 0 Å². The van der Waals surface area contributed by atoms with Crippen LogP contribution in [-0.4, -0.2) is 216 Å². The van der Waals surface area contributed by atoms with Crippen LogP contribution in [0.15, 0.2) is 0 Å². The Labute approximate surface area is 271 Å². The second-order valence-electron chi connectivity index (χ2n) is 11.1. The maximum Gasteiger partial charge on any atom is 0.472 e. The Hall–Kier alpha value is -0.940. The average molecular weight is 731 g/mol. The summed E-state index contributed by atoms with van der Waals surface area (Å²) in [5.41, 5.74) is 0. The third-order valence-corrected chi connectivity index (χ3v) is 8.48. The lowest BCUT2D eigenvalue weighted by Gasteiger charge is -2.48. The van der Waals surface area contributed by atoms with Gasteiger partial charge in [0.1, 0.15) is 85.5 Å². The monoisotopic (exact) mass is 730 g/mol. The first-order valence-corrected chi connectivity index (χ1v) is 16.0. The molecule has 0 amide bonds. The summed E-state index contributed by atoms with van der Waals surface area (Å²) in [5, 5.41) is 121. The minimum absolute atomic E-state index is 0.0723. The first-order valence-electron chi connectivity index (χ1n) is 14.5. The number of carbonyl (C=O) groups excluding carboxylic acids is 1. The molecule has 13 N–H and O–H groups in total. The molecule has 3 heterocycles. The van der Waals surface area contributed by atoms with Gasteiger partial charge >= 0.3 is 7.82 Å². The van der Waals surface area contributed by atoms with Crippen molar-refractivity contribution in [1.29, 1.82) is 0 Å². The molecule has 0 aliphatic carbocycles. The van der Waals surface area contributed by atoms with E-state index >= 15 is 0 Å². The van der Waals surface area contributed by atoms with Crippen LogP contribution in [0.25, 0.3) is 0 Å². The lowest BCUT2D eigenvalue weighted by atomic mass is 9.96. The van der Waals surface area contributed by atoms with Gasteiger partial charge in [0.15, 0.2) is 25.2 Å². The first kappa shape index (κ1) is 41.5. The molecule has 24 heteroatoms. The fourth-order valence-corrected chi connectivity index (χ4v) is 5.56. The molecule has 3 rings (SSSR count). The van der Waals surface area contributed by atoms with Crippen molar-refractivity contribution in [3.63, 3.8) is 0 Å². The summed E-state index contributed by atoms with van der Waals surface area (Å²) >= 11 is 0. The molecule has 48 heavy (non-hydrogen) atoms. The van der Waals surface area contributed by atoms with Gasteiger partial charge in [0.25, 0.3) is 0 Å². The summed E-state index contributed by atoms with van der Waals surface area (Å²) in [5.74, 6) is 0. The summed E-state index contributed by atoms with van der Waals surface area (Å²) in [6.07, 6.45) is -31.4. The average Bonchev–Trinajstić information content (AvgIpc) is 3.07. The van der Waals surface area contributed by atoms with Gasteiger partial charge in [0.2, 0.25) is 0 Å². The molecule has 0 aromatic heterocycles. The molecule has 3 aliphatic heterocycles. The van der Waals surface area contributed by atoms with Crippen molar-refractivity contribution in [3.8, 4) is 0 Å². The third-order valence-electron chi connectivity index (χ3n) is 7.53. The topological polar surface area (TPSA) is 371 Å². The molecule has 23 nitrogen and oxygen atoms in total. The second kappa shape index (κ2) is 18.5. The quantitative estimate of drug-likeness (QED) is 0.0488. The molecular formula is C24H43O23P. The number of aliphatic hydroxyl groups excluding tert-OH is 12. The van der Waals surface area contributed by atoms with E-state index in [4.69, 9.17) is 38.1 Å². The highest BCUT2D eigenvalue weighted by molar-refractivity contribution is 7.47. The fraction of sp³-hybridized carbons (Fsp3) is 0.958. The van der Waals surface area contributed by atoms with Crippen LogP contribution in [0.3, 0.4) is 0 Å². The predicted molar refractivity (Wildman–Crippen MR) is 145 cm³/mol. The van der Waals surface area contributed by atoms with Crippen LogP contribution >= 0.6 is 7.82 Å². The zero-order chi connectivity index (χ0) is 35.9. The highest BCUT2D eigenvalue weighted by Gasteiger charge is 2.54. The van der Waals surface area contributed by atoms with Gasteiger partial charge in [-0.1, -0.05) is 0 Å². The highest BCUT2D eigenvalue weighted by atomic mass is 31.2. The van der Waals surface area contributed by atoms with Crippen LogP contribution < -0.4 is 0 Å². The maximum absolute atomic E-state index is 12.2. The van der Waals surface area contributed by atoms with Gasteiger partial charge in [-0.25, -0.2) is 4.57 Å². The summed E-state index contributed by atoms with van der Waals surface area (Å²) in [4.78, 5) is 20.8. The summed E-state index contributed by atoms with van der Waals surface area (Å²) in [6.45, 7) is -5.19. The third kappa shape index (κ3) is 10.3. The van der Waals surface area contributed by atoms with E-state index in [2.05, 4.69) is 4.52 Å². The molecule has 3 saturated heterocycles. The number of aldehydes is 1. The highest BCUT2D eigenvalue weighted by Crippen LogP contribution is 2.44. The van der Waals surface area contributed by atoms with Gasteiger partial charge in [-0.2, -0.15) is 0 Å². The smallest absolute Gasteiger partial charge is 0.394 e. The second-order valence-corrected chi connectivity index (χ2v) is 12.5. The molecule has 2 unspecified atom stereocenters. The minimum Gasteiger partial charge on any atom is -0.394 e. The first-order chi connectivity index (χ1) is 22.6. The van der Waals surface area contributed by atoms with Crippen LogP contribution in [0.2, 0.25) is 0 Å². The van der Waals surface area contributed by atoms with Crippen molar-refractivity contribution in [3.05, 3.63) is 0 Å². The van der Waals surface area contributed by atoms with E-state index < -0.39 is 152 Å². The molecule has 0 bridgehead atoms. The van der Waals surface area contributed by atoms with Gasteiger partial charge in [-0.3, -0.25) is 9.05 Å². The van der Waals surface area contributed by atoms with Crippen molar-refractivity contribution >= 4 is 14.1 Å². The number of phosphoric acid groups is 1. The Morgan fingerprint density at radius 1 is 0.646 bits per heavy atom. The molecule has 3 aliphatic rings. The van der Waals surface area contributed by atoms with Crippen molar-refractivity contribution in [2.45, 2.75) is 104 Å². The number of hydrogen-bond acceptors (Lipinski definition) is 22.